The average molecular weight is 444 g/mol. The molecule has 0 aliphatic carbocycles. The van der Waals surface area contributed by atoms with Crippen molar-refractivity contribution in [1.29, 1.82) is 0 Å². The quantitative estimate of drug-likeness (QED) is 0.587. The summed E-state index contributed by atoms with van der Waals surface area (Å²) in [5.74, 6) is -0.515. The average Bonchev–Trinajstić information content (AvgIpc) is 2.84. The maximum atomic E-state index is 13.0. The molecule has 5 rings (SSSR count). The molecule has 1 fully saturated rings. The summed E-state index contributed by atoms with van der Waals surface area (Å²) in [5.41, 5.74) is 1.87. The SMILES string of the molecule is O=C(CN1CCN(CCN2C(=O)c3cccc4cccc(c34)C2=O)CC1)Nc1cccnc1. The number of aromatic nitrogens is 1. The third-order valence-electron chi connectivity index (χ3n) is 6.27. The van der Waals surface area contributed by atoms with Crippen molar-refractivity contribution >= 4 is 34.2 Å². The number of rotatable bonds is 6. The van der Waals surface area contributed by atoms with Crippen LogP contribution in [0.3, 0.4) is 0 Å². The maximum Gasteiger partial charge on any atom is 0.261 e. The van der Waals surface area contributed by atoms with Crippen molar-refractivity contribution in [2.75, 3.05) is 51.1 Å². The van der Waals surface area contributed by atoms with Gasteiger partial charge in [-0.15, -0.1) is 0 Å². The highest BCUT2D eigenvalue weighted by Crippen LogP contribution is 2.29. The highest BCUT2D eigenvalue weighted by Gasteiger charge is 2.32. The lowest BCUT2D eigenvalue weighted by atomic mass is 9.94. The first-order valence-corrected chi connectivity index (χ1v) is 11.1. The first-order chi connectivity index (χ1) is 16.1. The molecule has 1 aromatic heterocycles. The second-order valence-corrected chi connectivity index (χ2v) is 8.38. The summed E-state index contributed by atoms with van der Waals surface area (Å²) in [6.07, 6.45) is 3.29. The Balaban J connectivity index is 1.14. The summed E-state index contributed by atoms with van der Waals surface area (Å²) in [5, 5.41) is 4.52. The van der Waals surface area contributed by atoms with E-state index in [9.17, 15) is 14.4 Å². The number of carbonyl (C=O) groups excluding carboxylic acids is 3. The van der Waals surface area contributed by atoms with Crippen LogP contribution in [0.15, 0.2) is 60.9 Å². The largest absolute Gasteiger partial charge is 0.324 e. The molecule has 1 saturated heterocycles. The normalized spacial score (nSPS) is 16.9. The summed E-state index contributed by atoms with van der Waals surface area (Å²) in [7, 11) is 0. The molecule has 168 valence electrons. The molecular formula is C25H25N5O3. The molecule has 0 radical (unpaired) electrons. The number of imide groups is 1. The van der Waals surface area contributed by atoms with Gasteiger partial charge in [-0.1, -0.05) is 24.3 Å². The lowest BCUT2D eigenvalue weighted by Gasteiger charge is -2.35. The zero-order chi connectivity index (χ0) is 22.8. The zero-order valence-corrected chi connectivity index (χ0v) is 18.2. The van der Waals surface area contributed by atoms with E-state index in [1.54, 1.807) is 30.6 Å². The number of hydrogen-bond acceptors (Lipinski definition) is 6. The fraction of sp³-hybridized carbons (Fsp3) is 0.280. The Kier molecular flexibility index (Phi) is 5.85. The van der Waals surface area contributed by atoms with Crippen LogP contribution in [0.4, 0.5) is 5.69 Å². The summed E-state index contributed by atoms with van der Waals surface area (Å²) < 4.78 is 0. The predicted octanol–water partition coefficient (Wildman–Crippen LogP) is 2.09. The minimum atomic E-state index is -0.227. The first kappa shape index (κ1) is 21.2. The molecular weight excluding hydrogens is 418 g/mol. The van der Waals surface area contributed by atoms with Crippen molar-refractivity contribution in [2.45, 2.75) is 0 Å². The van der Waals surface area contributed by atoms with Gasteiger partial charge in [0, 0.05) is 62.0 Å². The van der Waals surface area contributed by atoms with Crippen LogP contribution in [0.5, 0.6) is 0 Å². The number of nitrogens with one attached hydrogen (secondary N) is 1. The fourth-order valence-corrected chi connectivity index (χ4v) is 4.54. The summed E-state index contributed by atoms with van der Waals surface area (Å²) >= 11 is 0. The predicted molar refractivity (Wildman–Crippen MR) is 125 cm³/mol. The second-order valence-electron chi connectivity index (χ2n) is 8.38. The molecule has 0 saturated carbocycles. The number of pyridine rings is 1. The van der Waals surface area contributed by atoms with Crippen LogP contribution in [0.25, 0.3) is 10.8 Å². The lowest BCUT2D eigenvalue weighted by molar-refractivity contribution is -0.117. The molecule has 33 heavy (non-hydrogen) atoms. The Hall–Kier alpha value is -3.62. The molecule has 8 nitrogen and oxygen atoms in total. The molecule has 0 spiro atoms. The maximum absolute atomic E-state index is 13.0. The Morgan fingerprint density at radius 3 is 2.15 bits per heavy atom. The molecule has 0 bridgehead atoms. The first-order valence-electron chi connectivity index (χ1n) is 11.1. The van der Waals surface area contributed by atoms with Gasteiger partial charge in [0.05, 0.1) is 18.4 Å². The number of nitrogens with zero attached hydrogens (tertiary/aromatic N) is 4. The van der Waals surface area contributed by atoms with E-state index in [1.165, 1.54) is 4.90 Å². The van der Waals surface area contributed by atoms with Crippen molar-refractivity contribution in [3.63, 3.8) is 0 Å². The van der Waals surface area contributed by atoms with Crippen molar-refractivity contribution in [2.24, 2.45) is 0 Å². The van der Waals surface area contributed by atoms with Gasteiger partial charge in [-0.25, -0.2) is 0 Å². The number of hydrogen-bond donors (Lipinski definition) is 1. The van der Waals surface area contributed by atoms with Crippen LogP contribution in [0.2, 0.25) is 0 Å². The Morgan fingerprint density at radius 2 is 1.52 bits per heavy atom. The van der Waals surface area contributed by atoms with Crippen molar-refractivity contribution in [1.82, 2.24) is 19.7 Å². The fourth-order valence-electron chi connectivity index (χ4n) is 4.54. The standard InChI is InChI=1S/C25H25N5O3/c31-22(27-19-6-3-9-26-16-19)17-29-12-10-28(11-13-29)14-15-30-24(32)20-7-1-4-18-5-2-8-21(23(18)20)25(30)33/h1-9,16H,10-15,17H2,(H,27,31). The van der Waals surface area contributed by atoms with Crippen LogP contribution >= 0.6 is 0 Å². The summed E-state index contributed by atoms with van der Waals surface area (Å²) in [6, 6.07) is 14.8. The number of benzene rings is 2. The summed E-state index contributed by atoms with van der Waals surface area (Å²) in [6.45, 7) is 4.36. The van der Waals surface area contributed by atoms with E-state index >= 15 is 0 Å². The van der Waals surface area contributed by atoms with Crippen LogP contribution in [-0.2, 0) is 4.79 Å². The molecule has 2 aromatic carbocycles. The number of anilines is 1. The Morgan fingerprint density at radius 1 is 0.848 bits per heavy atom. The van der Waals surface area contributed by atoms with E-state index in [-0.39, 0.29) is 17.7 Å². The van der Waals surface area contributed by atoms with Crippen molar-refractivity contribution < 1.29 is 14.4 Å². The minimum Gasteiger partial charge on any atom is -0.324 e. The zero-order valence-electron chi connectivity index (χ0n) is 18.2. The van der Waals surface area contributed by atoms with E-state index in [4.69, 9.17) is 0 Å². The van der Waals surface area contributed by atoms with Gasteiger partial charge in [-0.2, -0.15) is 0 Å². The van der Waals surface area contributed by atoms with Crippen LogP contribution in [-0.4, -0.2) is 83.2 Å². The number of piperazine rings is 1. The molecule has 3 aromatic rings. The van der Waals surface area contributed by atoms with Gasteiger partial charge in [0.1, 0.15) is 0 Å². The van der Waals surface area contributed by atoms with Gasteiger partial charge in [-0.3, -0.25) is 34.1 Å². The number of amides is 3. The molecule has 2 aliphatic rings. The highest BCUT2D eigenvalue weighted by atomic mass is 16.2. The molecule has 3 amide bonds. The van der Waals surface area contributed by atoms with Gasteiger partial charge in [0.15, 0.2) is 0 Å². The van der Waals surface area contributed by atoms with Crippen LogP contribution < -0.4 is 5.32 Å². The van der Waals surface area contributed by atoms with E-state index in [0.29, 0.717) is 36.4 Å². The lowest BCUT2D eigenvalue weighted by Crippen LogP contribution is -2.51. The van der Waals surface area contributed by atoms with E-state index < -0.39 is 0 Å². The Bertz CT molecular complexity index is 1150. The van der Waals surface area contributed by atoms with Gasteiger partial charge in [0.2, 0.25) is 5.91 Å². The van der Waals surface area contributed by atoms with Crippen molar-refractivity contribution in [3.8, 4) is 0 Å². The molecule has 1 N–H and O–H groups in total. The van der Waals surface area contributed by atoms with E-state index in [0.717, 1.165) is 37.0 Å². The van der Waals surface area contributed by atoms with E-state index in [2.05, 4.69) is 20.1 Å². The third kappa shape index (κ3) is 4.35. The molecule has 2 aliphatic heterocycles. The van der Waals surface area contributed by atoms with Crippen LogP contribution in [0, 0.1) is 0 Å². The monoisotopic (exact) mass is 443 g/mol. The van der Waals surface area contributed by atoms with Gasteiger partial charge < -0.3 is 5.32 Å². The molecule has 8 heteroatoms. The van der Waals surface area contributed by atoms with E-state index in [1.807, 2.05) is 30.3 Å². The molecule has 0 atom stereocenters. The second kappa shape index (κ2) is 9.09. The van der Waals surface area contributed by atoms with Gasteiger partial charge >= 0.3 is 0 Å². The highest BCUT2D eigenvalue weighted by molar-refractivity contribution is 6.25. The van der Waals surface area contributed by atoms with Crippen LogP contribution in [0.1, 0.15) is 20.7 Å². The Labute approximate surface area is 191 Å². The molecule has 3 heterocycles. The smallest absolute Gasteiger partial charge is 0.261 e. The minimum absolute atomic E-state index is 0.0613. The van der Waals surface area contributed by atoms with Gasteiger partial charge in [0.25, 0.3) is 11.8 Å². The van der Waals surface area contributed by atoms with Crippen molar-refractivity contribution in [3.05, 3.63) is 72.1 Å². The topological polar surface area (TPSA) is 85.9 Å². The third-order valence-corrected chi connectivity index (χ3v) is 6.27. The summed E-state index contributed by atoms with van der Waals surface area (Å²) in [4.78, 5) is 48.1. The van der Waals surface area contributed by atoms with Gasteiger partial charge in [-0.05, 0) is 29.7 Å². The number of carbonyl (C=O) groups is 3. The molecule has 0 unspecified atom stereocenters.